The summed E-state index contributed by atoms with van der Waals surface area (Å²) in [4.78, 5) is 65.5. The van der Waals surface area contributed by atoms with Gasteiger partial charge in [-0.1, -0.05) is 67.6 Å². The molecule has 2 aliphatic rings. The molecule has 0 fully saturated rings. The van der Waals surface area contributed by atoms with Gasteiger partial charge in [0.2, 0.25) is 0 Å². The number of aliphatic hydroxyl groups is 1. The summed E-state index contributed by atoms with van der Waals surface area (Å²) in [7, 11) is 0. The Bertz CT molecular complexity index is 2870. The number of nitrogens with zero attached hydrogens (tertiary/aromatic N) is 9. The normalized spacial score (nSPS) is 17.8. The molecular formula is C47H39N9O8. The largest absolute Gasteiger partial charge is 0.463 e. The summed E-state index contributed by atoms with van der Waals surface area (Å²) in [5, 5.41) is 47.5. The molecule has 1 N–H and O–H groups in total. The highest BCUT2D eigenvalue weighted by molar-refractivity contribution is 6.15. The Morgan fingerprint density at radius 1 is 0.719 bits per heavy atom. The minimum absolute atomic E-state index is 0.0481. The molecule has 320 valence electrons. The number of carbonyl (C=O) groups excluding carboxylic acids is 2. The van der Waals surface area contributed by atoms with Crippen molar-refractivity contribution in [1.29, 1.82) is 0 Å². The summed E-state index contributed by atoms with van der Waals surface area (Å²) in [5.41, 5.74) is -2.57. The van der Waals surface area contributed by atoms with E-state index < -0.39 is 38.7 Å². The molecule has 64 heavy (non-hydrogen) atoms. The smallest absolute Gasteiger partial charge is 0.337 e. The Hall–Kier alpha value is -8.18. The number of benzene rings is 5. The maximum atomic E-state index is 16.2. The fourth-order valence-corrected chi connectivity index (χ4v) is 9.17. The van der Waals surface area contributed by atoms with Crippen LogP contribution in [-0.4, -0.2) is 74.3 Å². The van der Waals surface area contributed by atoms with Gasteiger partial charge in [-0.15, -0.1) is 10.2 Å². The van der Waals surface area contributed by atoms with Crippen molar-refractivity contribution in [3.05, 3.63) is 188 Å². The lowest BCUT2D eigenvalue weighted by Crippen LogP contribution is -2.56. The van der Waals surface area contributed by atoms with Crippen molar-refractivity contribution < 1.29 is 29.3 Å². The molecule has 0 bridgehead atoms. The van der Waals surface area contributed by atoms with Crippen LogP contribution in [0.25, 0.3) is 34.2 Å². The number of para-hydroxylation sites is 2. The van der Waals surface area contributed by atoms with Crippen LogP contribution in [0.15, 0.2) is 145 Å². The molecule has 2 atom stereocenters. The van der Waals surface area contributed by atoms with Crippen molar-refractivity contribution in [2.45, 2.75) is 38.8 Å². The van der Waals surface area contributed by atoms with Crippen LogP contribution in [0.5, 0.6) is 0 Å². The highest BCUT2D eigenvalue weighted by atomic mass is 16.6. The molecule has 7 aromatic rings. The first-order valence-electron chi connectivity index (χ1n) is 20.5. The number of hydrogen-bond acceptors (Lipinski definition) is 13. The Morgan fingerprint density at radius 3 is 1.64 bits per heavy atom. The lowest BCUT2D eigenvalue weighted by atomic mass is 9.62. The third kappa shape index (κ3) is 6.18. The second-order valence-corrected chi connectivity index (χ2v) is 15.3. The minimum Gasteiger partial charge on any atom is -0.463 e. The van der Waals surface area contributed by atoms with Crippen LogP contribution in [0.1, 0.15) is 60.7 Å². The highest BCUT2D eigenvalue weighted by Crippen LogP contribution is 2.68. The zero-order valence-corrected chi connectivity index (χ0v) is 34.7. The van der Waals surface area contributed by atoms with Crippen molar-refractivity contribution >= 4 is 23.1 Å². The number of Topliss-reactive ketones (excluding diaryl/α,β-unsaturated/α-hetero) is 1. The summed E-state index contributed by atoms with van der Waals surface area (Å²) < 4.78 is 8.86. The number of aromatic nitrogens is 6. The molecule has 0 radical (unpaired) electrons. The average Bonchev–Trinajstić information content (AvgIpc) is 4.04. The highest BCUT2D eigenvalue weighted by Gasteiger charge is 2.77. The Morgan fingerprint density at radius 2 is 1.19 bits per heavy atom. The summed E-state index contributed by atoms with van der Waals surface area (Å²) in [6.45, 7) is 5.41. The van der Waals surface area contributed by atoms with Crippen molar-refractivity contribution in [3.63, 3.8) is 0 Å². The molecule has 5 aromatic carbocycles. The molecule has 17 heteroatoms. The van der Waals surface area contributed by atoms with Gasteiger partial charge in [-0.25, -0.2) is 24.1 Å². The zero-order valence-electron chi connectivity index (χ0n) is 34.7. The number of allylic oxidation sites excluding steroid dienone is 1. The summed E-state index contributed by atoms with van der Waals surface area (Å²) in [6, 6.07) is 36.0. The molecule has 3 heterocycles. The van der Waals surface area contributed by atoms with Crippen LogP contribution >= 0.6 is 0 Å². The Kier molecular flexibility index (Phi) is 10.3. The van der Waals surface area contributed by atoms with Gasteiger partial charge in [-0.2, -0.15) is 0 Å². The van der Waals surface area contributed by atoms with E-state index in [0.717, 1.165) is 0 Å². The van der Waals surface area contributed by atoms with E-state index in [2.05, 4.69) is 0 Å². The van der Waals surface area contributed by atoms with Gasteiger partial charge in [0.05, 0.1) is 33.4 Å². The van der Waals surface area contributed by atoms with Gasteiger partial charge >= 0.3 is 5.97 Å². The van der Waals surface area contributed by atoms with Gasteiger partial charge in [0.1, 0.15) is 23.0 Å². The topological polar surface area (TPSA) is 215 Å². The predicted octanol–water partition coefficient (Wildman–Crippen LogP) is 7.72. The van der Waals surface area contributed by atoms with E-state index in [1.165, 1.54) is 57.9 Å². The monoisotopic (exact) mass is 857 g/mol. The Labute approximate surface area is 365 Å². The molecule has 0 saturated carbocycles. The first kappa shape index (κ1) is 41.2. The maximum Gasteiger partial charge on any atom is 0.337 e. The molecule has 1 aliphatic carbocycles. The van der Waals surface area contributed by atoms with Crippen LogP contribution < -0.4 is 0 Å². The molecule has 0 spiro atoms. The maximum absolute atomic E-state index is 16.2. The fraction of sp³-hybridized carbons (Fsp3) is 0.191. The van der Waals surface area contributed by atoms with Crippen LogP contribution in [0.4, 0.5) is 11.4 Å². The minimum atomic E-state index is -2.32. The van der Waals surface area contributed by atoms with Crippen molar-refractivity contribution in [1.82, 2.24) is 34.4 Å². The van der Waals surface area contributed by atoms with E-state index in [4.69, 9.17) is 24.9 Å². The molecule has 0 saturated heterocycles. The number of ketones is 1. The Balaban J connectivity index is 1.46. The van der Waals surface area contributed by atoms with Gasteiger partial charge in [0, 0.05) is 58.8 Å². The molecule has 17 nitrogen and oxygen atoms in total. The number of esters is 1. The van der Waals surface area contributed by atoms with Gasteiger partial charge < -0.3 is 14.7 Å². The third-order valence-electron chi connectivity index (χ3n) is 11.8. The number of ether oxygens (including phenoxy) is 1. The lowest BCUT2D eigenvalue weighted by molar-refractivity contribution is -0.385. The van der Waals surface area contributed by atoms with Crippen molar-refractivity contribution in [3.8, 4) is 34.2 Å². The van der Waals surface area contributed by atoms with E-state index in [-0.39, 0.29) is 64.5 Å². The predicted molar refractivity (Wildman–Crippen MR) is 232 cm³/mol. The fourth-order valence-electron chi connectivity index (χ4n) is 9.17. The second kappa shape index (κ2) is 15.9. The molecule has 2 aromatic heterocycles. The number of non-ortho nitro benzene ring substituents is 2. The van der Waals surface area contributed by atoms with Gasteiger partial charge in [0.15, 0.2) is 23.2 Å². The zero-order chi connectivity index (χ0) is 44.9. The number of nitro benzene ring substituents is 2. The summed E-state index contributed by atoms with van der Waals surface area (Å²) in [6.07, 6.45) is 0.502. The number of fused-ring (bicyclic) bond motifs is 3. The first-order valence-corrected chi connectivity index (χ1v) is 20.5. The lowest BCUT2D eigenvalue weighted by Gasteiger charge is -2.45. The number of hydrogen-bond donors (Lipinski definition) is 1. The van der Waals surface area contributed by atoms with E-state index in [9.17, 15) is 30.1 Å². The third-order valence-corrected chi connectivity index (χ3v) is 11.8. The van der Waals surface area contributed by atoms with Crippen LogP contribution in [-0.2, 0) is 15.3 Å². The van der Waals surface area contributed by atoms with Gasteiger partial charge in [-0.3, -0.25) is 25.0 Å². The molecule has 1 aliphatic heterocycles. The van der Waals surface area contributed by atoms with Gasteiger partial charge in [0.25, 0.3) is 11.4 Å². The van der Waals surface area contributed by atoms with E-state index in [1.807, 2.05) is 19.1 Å². The van der Waals surface area contributed by atoms with Crippen LogP contribution in [0.2, 0.25) is 0 Å². The summed E-state index contributed by atoms with van der Waals surface area (Å²) >= 11 is 0. The average molecular weight is 858 g/mol. The van der Waals surface area contributed by atoms with Crippen LogP contribution in [0, 0.1) is 25.6 Å². The van der Waals surface area contributed by atoms with Crippen molar-refractivity contribution in [2.24, 2.45) is 5.41 Å². The number of carbonyl (C=O) groups is 2. The SMILES string of the molecule is CCCN1C(C)=C(C(=O)OCC)[C@@]2(C(c3nc(-c4ccc([N+](=O)[O-])cc4)nn3-c3ccccc3)c3nc(-c4ccc([N+](=O)[O-])cc4)nn3-c3ccccc3)C(=O)c3ccccc3[C@@]12O. The number of nitro groups is 2. The standard InChI is InChI=1S/C47H39N9O8/c1-4-28-52-29(3)38(45(58)64-5-2)46(40(57)36-18-12-13-19-37(36)47(46,52)59)39(43-48-41(30-20-24-34(25-21-30)55(60)61)50-53(43)32-14-8-6-9-15-32)44-49-42(31-22-26-35(27-23-31)56(62)63)51-54(44)33-16-10-7-11-17-33/h6-27,39,59H,4-5,28H2,1-3H3/t46-,47+/m1/s1. The van der Waals surface area contributed by atoms with E-state index >= 15 is 4.79 Å². The molecule has 0 amide bonds. The van der Waals surface area contributed by atoms with Gasteiger partial charge in [-0.05, 0) is 68.8 Å². The van der Waals surface area contributed by atoms with Crippen LogP contribution in [0.3, 0.4) is 0 Å². The molecular weight excluding hydrogens is 819 g/mol. The second-order valence-electron chi connectivity index (χ2n) is 15.3. The van der Waals surface area contributed by atoms with Crippen molar-refractivity contribution in [2.75, 3.05) is 13.2 Å². The van der Waals surface area contributed by atoms with E-state index in [0.29, 0.717) is 34.6 Å². The molecule has 9 rings (SSSR count). The quantitative estimate of drug-likeness (QED) is 0.0669. The van der Waals surface area contributed by atoms with E-state index in [1.54, 1.807) is 91.5 Å². The first-order chi connectivity index (χ1) is 30.9. The molecule has 0 unspecified atom stereocenters. The number of rotatable bonds is 13. The summed E-state index contributed by atoms with van der Waals surface area (Å²) in [5.74, 6) is -2.71.